The number of halogens is 1. The first kappa shape index (κ1) is 17.5. The summed E-state index contributed by atoms with van der Waals surface area (Å²) < 4.78 is 32.6. The molecular formula is C12H17ClN2O5S. The number of carbonyl (C=O) groups is 1. The predicted molar refractivity (Wildman–Crippen MR) is 80.2 cm³/mol. The maximum Gasteiger partial charge on any atom is 0.304 e. The molecule has 0 fully saturated rings. The lowest BCUT2D eigenvalue weighted by molar-refractivity contribution is -0.137. The molecule has 0 aliphatic heterocycles. The van der Waals surface area contributed by atoms with E-state index in [2.05, 4.69) is 4.72 Å². The van der Waals surface area contributed by atoms with Crippen molar-refractivity contribution in [2.24, 2.45) is 0 Å². The van der Waals surface area contributed by atoms with Crippen molar-refractivity contribution >= 4 is 33.5 Å². The third kappa shape index (κ3) is 4.76. The van der Waals surface area contributed by atoms with Gasteiger partial charge in [0, 0.05) is 24.7 Å². The predicted octanol–water partition coefficient (Wildman–Crippen LogP) is 1.72. The molecule has 7 nitrogen and oxygen atoms in total. The number of ether oxygens (including phenoxy) is 1. The summed E-state index contributed by atoms with van der Waals surface area (Å²) in [5.41, 5.74) is 0.921. The Hall–Kier alpha value is -1.51. The monoisotopic (exact) mass is 336 g/mol. The SMILES string of the molecule is COc1cc(Cl)c(C)cc1NS(=O)(=O)N(C)CCC(=O)O. The van der Waals surface area contributed by atoms with Crippen LogP contribution in [0.5, 0.6) is 5.75 Å². The Balaban J connectivity index is 2.98. The van der Waals surface area contributed by atoms with Gasteiger partial charge in [-0.25, -0.2) is 0 Å². The molecule has 0 bridgehead atoms. The number of methoxy groups -OCH3 is 1. The first-order chi connectivity index (χ1) is 9.67. The molecule has 0 unspecified atom stereocenters. The number of nitrogens with zero attached hydrogens (tertiary/aromatic N) is 1. The second kappa shape index (κ2) is 6.97. The van der Waals surface area contributed by atoms with Gasteiger partial charge >= 0.3 is 16.2 Å². The van der Waals surface area contributed by atoms with Crippen LogP contribution in [-0.2, 0) is 15.0 Å². The standard InChI is InChI=1S/C12H17ClN2O5S/c1-8-6-10(11(20-3)7-9(8)13)14-21(18,19)15(2)5-4-12(16)17/h6-7,14H,4-5H2,1-3H3,(H,16,17). The van der Waals surface area contributed by atoms with E-state index < -0.39 is 16.2 Å². The third-order valence-electron chi connectivity index (χ3n) is 2.77. The fraction of sp³-hybridized carbons (Fsp3) is 0.417. The number of benzene rings is 1. The molecule has 0 heterocycles. The van der Waals surface area contributed by atoms with Gasteiger partial charge in [0.15, 0.2) is 0 Å². The van der Waals surface area contributed by atoms with Gasteiger partial charge in [-0.3, -0.25) is 9.52 Å². The minimum Gasteiger partial charge on any atom is -0.495 e. The van der Waals surface area contributed by atoms with Crippen LogP contribution in [0.25, 0.3) is 0 Å². The Morgan fingerprint density at radius 2 is 2.10 bits per heavy atom. The zero-order valence-corrected chi connectivity index (χ0v) is 13.5. The summed E-state index contributed by atoms with van der Waals surface area (Å²) in [7, 11) is -1.19. The largest absolute Gasteiger partial charge is 0.495 e. The average molecular weight is 337 g/mol. The zero-order chi connectivity index (χ0) is 16.2. The first-order valence-corrected chi connectivity index (χ1v) is 7.79. The molecule has 0 atom stereocenters. The maximum atomic E-state index is 12.1. The molecule has 0 aliphatic rings. The highest BCUT2D eigenvalue weighted by Crippen LogP contribution is 2.31. The van der Waals surface area contributed by atoms with E-state index in [0.29, 0.717) is 10.6 Å². The average Bonchev–Trinajstić information content (AvgIpc) is 2.39. The molecule has 9 heteroatoms. The molecule has 21 heavy (non-hydrogen) atoms. The number of hydrogen-bond acceptors (Lipinski definition) is 4. The van der Waals surface area contributed by atoms with Gasteiger partial charge in [0.1, 0.15) is 5.75 Å². The van der Waals surface area contributed by atoms with Crippen LogP contribution in [0.15, 0.2) is 12.1 Å². The highest BCUT2D eigenvalue weighted by atomic mass is 35.5. The van der Waals surface area contributed by atoms with Gasteiger partial charge in [0.2, 0.25) is 0 Å². The van der Waals surface area contributed by atoms with Crippen LogP contribution in [0, 0.1) is 6.92 Å². The van der Waals surface area contributed by atoms with E-state index in [0.717, 1.165) is 4.31 Å². The van der Waals surface area contributed by atoms with Crippen molar-refractivity contribution in [1.29, 1.82) is 0 Å². The molecule has 0 amide bonds. The minimum atomic E-state index is -3.87. The quantitative estimate of drug-likeness (QED) is 0.790. The molecule has 0 spiro atoms. The second-order valence-corrected chi connectivity index (χ2v) is 6.56. The van der Waals surface area contributed by atoms with Gasteiger partial charge in [-0.15, -0.1) is 0 Å². The van der Waals surface area contributed by atoms with E-state index in [1.165, 1.54) is 20.2 Å². The van der Waals surface area contributed by atoms with Crippen molar-refractivity contribution in [3.05, 3.63) is 22.7 Å². The van der Waals surface area contributed by atoms with Gasteiger partial charge < -0.3 is 9.84 Å². The van der Waals surface area contributed by atoms with Crippen LogP contribution in [0.3, 0.4) is 0 Å². The molecule has 0 aromatic heterocycles. The minimum absolute atomic E-state index is 0.139. The maximum absolute atomic E-state index is 12.1. The Morgan fingerprint density at radius 3 is 2.62 bits per heavy atom. The summed E-state index contributed by atoms with van der Waals surface area (Å²) in [6.45, 7) is 1.59. The van der Waals surface area contributed by atoms with Crippen molar-refractivity contribution in [3.63, 3.8) is 0 Å². The molecule has 0 radical (unpaired) electrons. The van der Waals surface area contributed by atoms with Crippen LogP contribution in [-0.4, -0.2) is 44.5 Å². The molecule has 2 N–H and O–H groups in total. The topological polar surface area (TPSA) is 95.9 Å². The zero-order valence-electron chi connectivity index (χ0n) is 11.9. The van der Waals surface area contributed by atoms with E-state index >= 15 is 0 Å². The van der Waals surface area contributed by atoms with E-state index in [-0.39, 0.29) is 24.4 Å². The van der Waals surface area contributed by atoms with Gasteiger partial charge in [0.05, 0.1) is 19.2 Å². The van der Waals surface area contributed by atoms with Crippen molar-refractivity contribution in [2.45, 2.75) is 13.3 Å². The molecule has 0 saturated heterocycles. The lowest BCUT2D eigenvalue weighted by Gasteiger charge is -2.19. The number of aliphatic carboxylic acids is 1. The van der Waals surface area contributed by atoms with Crippen molar-refractivity contribution in [2.75, 3.05) is 25.4 Å². The first-order valence-electron chi connectivity index (χ1n) is 5.97. The lowest BCUT2D eigenvalue weighted by Crippen LogP contribution is -2.34. The normalized spacial score (nSPS) is 11.5. The summed E-state index contributed by atoms with van der Waals surface area (Å²) in [4.78, 5) is 10.5. The fourth-order valence-electron chi connectivity index (χ4n) is 1.50. The Kier molecular flexibility index (Phi) is 5.82. The summed E-state index contributed by atoms with van der Waals surface area (Å²) in [5.74, 6) is -0.794. The van der Waals surface area contributed by atoms with Crippen LogP contribution < -0.4 is 9.46 Å². The molecular weight excluding hydrogens is 320 g/mol. The molecule has 0 saturated carbocycles. The highest BCUT2D eigenvalue weighted by molar-refractivity contribution is 7.90. The smallest absolute Gasteiger partial charge is 0.304 e. The van der Waals surface area contributed by atoms with E-state index in [4.69, 9.17) is 21.4 Å². The van der Waals surface area contributed by atoms with Crippen molar-refractivity contribution < 1.29 is 23.1 Å². The molecule has 1 aromatic carbocycles. The van der Waals surface area contributed by atoms with Gasteiger partial charge in [-0.1, -0.05) is 11.6 Å². The summed E-state index contributed by atoms with van der Waals surface area (Å²) >= 11 is 5.95. The summed E-state index contributed by atoms with van der Waals surface area (Å²) in [5, 5.41) is 9.04. The Labute approximate surface area is 128 Å². The van der Waals surface area contributed by atoms with Crippen LogP contribution in [0.2, 0.25) is 5.02 Å². The van der Waals surface area contributed by atoms with Crippen molar-refractivity contribution in [3.8, 4) is 5.75 Å². The highest BCUT2D eigenvalue weighted by Gasteiger charge is 2.20. The second-order valence-electron chi connectivity index (χ2n) is 4.37. The lowest BCUT2D eigenvalue weighted by atomic mass is 10.2. The van der Waals surface area contributed by atoms with E-state index in [1.54, 1.807) is 13.0 Å². The Bertz CT molecular complexity index is 633. The summed E-state index contributed by atoms with van der Waals surface area (Å²) in [6.07, 6.45) is -0.284. The van der Waals surface area contributed by atoms with Crippen LogP contribution in [0.1, 0.15) is 12.0 Å². The Morgan fingerprint density at radius 1 is 1.48 bits per heavy atom. The number of anilines is 1. The van der Waals surface area contributed by atoms with E-state index in [1.807, 2.05) is 0 Å². The summed E-state index contributed by atoms with van der Waals surface area (Å²) in [6, 6.07) is 3.05. The third-order valence-corrected chi connectivity index (χ3v) is 4.66. The molecule has 1 rings (SSSR count). The number of carboxylic acid groups (broad SMARTS) is 1. The van der Waals surface area contributed by atoms with E-state index in [9.17, 15) is 13.2 Å². The molecule has 0 aliphatic carbocycles. The number of nitrogens with one attached hydrogen (secondary N) is 1. The van der Waals surface area contributed by atoms with Gasteiger partial charge in [-0.05, 0) is 18.6 Å². The van der Waals surface area contributed by atoms with Crippen molar-refractivity contribution in [1.82, 2.24) is 4.31 Å². The van der Waals surface area contributed by atoms with Gasteiger partial charge in [-0.2, -0.15) is 12.7 Å². The molecule has 1 aromatic rings. The van der Waals surface area contributed by atoms with Gasteiger partial charge in [0.25, 0.3) is 0 Å². The number of aryl methyl sites for hydroxylation is 1. The number of rotatable bonds is 7. The van der Waals surface area contributed by atoms with Crippen LogP contribution in [0.4, 0.5) is 5.69 Å². The number of hydrogen-bond donors (Lipinski definition) is 2. The number of carboxylic acids is 1. The van der Waals surface area contributed by atoms with Crippen LogP contribution >= 0.6 is 11.6 Å². The fourth-order valence-corrected chi connectivity index (χ4v) is 2.58. The molecule has 118 valence electrons.